The lowest BCUT2D eigenvalue weighted by Gasteiger charge is -2.44. The molecule has 5 heteroatoms. The summed E-state index contributed by atoms with van der Waals surface area (Å²) in [6, 6.07) is -0.124. The summed E-state index contributed by atoms with van der Waals surface area (Å²) in [7, 11) is 1.98. The molecule has 2 fully saturated rings. The molecule has 1 spiro atoms. The lowest BCUT2D eigenvalue weighted by molar-refractivity contribution is -0.123. The van der Waals surface area contributed by atoms with Crippen LogP contribution in [0.2, 0.25) is 0 Å². The fourth-order valence-electron chi connectivity index (χ4n) is 4.69. The predicted molar refractivity (Wildman–Crippen MR) is 110 cm³/mol. The molecule has 0 amide bonds. The van der Waals surface area contributed by atoms with Crippen molar-refractivity contribution in [2.75, 3.05) is 39.9 Å². The summed E-state index contributed by atoms with van der Waals surface area (Å²) in [5.41, 5.74) is 1.23. The first-order chi connectivity index (χ1) is 12.7. The van der Waals surface area contributed by atoms with Crippen molar-refractivity contribution < 1.29 is 9.18 Å². The van der Waals surface area contributed by atoms with Gasteiger partial charge >= 0.3 is 0 Å². The summed E-state index contributed by atoms with van der Waals surface area (Å²) < 4.78 is 12.3. The van der Waals surface area contributed by atoms with Gasteiger partial charge in [-0.05, 0) is 43.6 Å². The quantitative estimate of drug-likeness (QED) is 0.601. The Kier molecular flexibility index (Phi) is 7.12. The highest BCUT2D eigenvalue weighted by Gasteiger charge is 2.41. The molecule has 0 aromatic rings. The molecule has 2 aliphatic heterocycles. The van der Waals surface area contributed by atoms with Crippen molar-refractivity contribution in [2.24, 2.45) is 11.3 Å². The van der Waals surface area contributed by atoms with Gasteiger partial charge in [-0.1, -0.05) is 33.1 Å². The minimum Gasteiger partial charge on any atom is -0.371 e. The molecular formula is C22H36FN3O. The van der Waals surface area contributed by atoms with Crippen LogP contribution in [0.4, 0.5) is 4.39 Å². The number of halogens is 1. The van der Waals surface area contributed by atoms with Gasteiger partial charge in [0.25, 0.3) is 0 Å². The lowest BCUT2D eigenvalue weighted by atomic mass is 9.78. The van der Waals surface area contributed by atoms with Crippen molar-refractivity contribution >= 4 is 5.78 Å². The number of carbonyl (C=O) groups excluding carboxylic acids is 1. The molecule has 0 N–H and O–H groups in total. The summed E-state index contributed by atoms with van der Waals surface area (Å²) in [4.78, 5) is 18.7. The third-order valence-electron chi connectivity index (χ3n) is 6.31. The van der Waals surface area contributed by atoms with Gasteiger partial charge in [0.05, 0.1) is 11.9 Å². The highest BCUT2D eigenvalue weighted by atomic mass is 19.1. The van der Waals surface area contributed by atoms with Crippen molar-refractivity contribution in [1.29, 1.82) is 0 Å². The first-order valence-electron chi connectivity index (χ1n) is 10.0. The highest BCUT2D eigenvalue weighted by molar-refractivity contribution is 5.81. The monoisotopic (exact) mass is 377 g/mol. The van der Waals surface area contributed by atoms with Crippen LogP contribution in [0.5, 0.6) is 0 Å². The molecule has 0 aromatic heterocycles. The van der Waals surface area contributed by atoms with Crippen LogP contribution in [0.1, 0.15) is 40.0 Å². The van der Waals surface area contributed by atoms with Gasteiger partial charge in [-0.15, -0.1) is 0 Å². The standard InChI is InChI=1S/C22H36FN3O/c1-17(2)21(19(4)27)24(6)20(5)25-13-9-22(10-14-25)11-15-26(16-22)18(3)8-7-12-23/h7-8,17,21H,3,5,9-16H2,1-2,4,6H3/b8-7+. The van der Waals surface area contributed by atoms with E-state index < -0.39 is 6.67 Å². The maximum absolute atomic E-state index is 12.3. The van der Waals surface area contributed by atoms with Crippen molar-refractivity contribution in [3.8, 4) is 0 Å². The topological polar surface area (TPSA) is 26.8 Å². The van der Waals surface area contributed by atoms with E-state index in [1.165, 1.54) is 6.08 Å². The number of carbonyl (C=O) groups is 1. The average Bonchev–Trinajstić information content (AvgIpc) is 3.03. The number of allylic oxidation sites excluding steroid dienone is 2. The van der Waals surface area contributed by atoms with Crippen LogP contribution in [0, 0.1) is 11.3 Å². The number of piperidine rings is 1. The molecule has 4 nitrogen and oxygen atoms in total. The third kappa shape index (κ3) is 4.94. The van der Waals surface area contributed by atoms with Crippen LogP contribution in [-0.2, 0) is 4.79 Å². The minimum absolute atomic E-state index is 0.124. The summed E-state index contributed by atoms with van der Waals surface area (Å²) in [5.74, 6) is 1.39. The van der Waals surface area contributed by atoms with E-state index in [-0.39, 0.29) is 17.7 Å². The summed E-state index contributed by atoms with van der Waals surface area (Å²) in [5, 5.41) is 0. The first kappa shape index (κ1) is 21.5. The number of likely N-dealkylation sites (N-methyl/N-ethyl adjacent to an activating group) is 1. The van der Waals surface area contributed by atoms with E-state index in [1.54, 1.807) is 13.0 Å². The smallest absolute Gasteiger partial charge is 0.152 e. The van der Waals surface area contributed by atoms with Crippen LogP contribution in [0.3, 0.4) is 0 Å². The average molecular weight is 378 g/mol. The molecule has 0 bridgehead atoms. The normalized spacial score (nSPS) is 20.5. The molecule has 0 aromatic carbocycles. The van der Waals surface area contributed by atoms with Gasteiger partial charge in [0.2, 0.25) is 0 Å². The highest BCUT2D eigenvalue weighted by Crippen LogP contribution is 2.42. The zero-order valence-corrected chi connectivity index (χ0v) is 17.5. The van der Waals surface area contributed by atoms with Crippen LogP contribution in [0.25, 0.3) is 0 Å². The fraction of sp³-hybridized carbons (Fsp3) is 0.682. The Morgan fingerprint density at radius 2 is 1.74 bits per heavy atom. The molecule has 2 aliphatic rings. The fourth-order valence-corrected chi connectivity index (χ4v) is 4.69. The molecule has 152 valence electrons. The van der Waals surface area contributed by atoms with Crippen LogP contribution in [0.15, 0.2) is 36.8 Å². The predicted octanol–water partition coefficient (Wildman–Crippen LogP) is 3.83. The Hall–Kier alpha value is -1.78. The molecule has 1 unspecified atom stereocenters. The van der Waals surface area contributed by atoms with Gasteiger partial charge in [-0.3, -0.25) is 4.79 Å². The first-order valence-corrected chi connectivity index (χ1v) is 10.0. The third-order valence-corrected chi connectivity index (χ3v) is 6.31. The van der Waals surface area contributed by atoms with E-state index in [0.717, 1.165) is 57.0 Å². The number of nitrogens with zero attached hydrogens (tertiary/aromatic N) is 3. The van der Waals surface area contributed by atoms with Gasteiger partial charge in [0, 0.05) is 38.9 Å². The van der Waals surface area contributed by atoms with Crippen LogP contribution >= 0.6 is 0 Å². The number of rotatable bonds is 8. The second-order valence-electron chi connectivity index (χ2n) is 8.53. The molecule has 0 aliphatic carbocycles. The summed E-state index contributed by atoms with van der Waals surface area (Å²) >= 11 is 0. The number of hydrogen-bond donors (Lipinski definition) is 0. The van der Waals surface area contributed by atoms with Crippen molar-refractivity contribution in [3.63, 3.8) is 0 Å². The Labute approximate surface area is 164 Å². The Morgan fingerprint density at radius 3 is 2.22 bits per heavy atom. The summed E-state index contributed by atoms with van der Waals surface area (Å²) in [6.45, 7) is 17.7. The van der Waals surface area contributed by atoms with Gasteiger partial charge < -0.3 is 14.7 Å². The Balaban J connectivity index is 1.93. The van der Waals surface area contributed by atoms with Crippen molar-refractivity contribution in [3.05, 3.63) is 36.8 Å². The Morgan fingerprint density at radius 1 is 1.19 bits per heavy atom. The molecule has 2 rings (SSSR count). The van der Waals surface area contributed by atoms with E-state index in [4.69, 9.17) is 0 Å². The zero-order chi connectivity index (χ0) is 20.2. The molecule has 2 saturated heterocycles. The maximum Gasteiger partial charge on any atom is 0.152 e. The van der Waals surface area contributed by atoms with Crippen molar-refractivity contribution in [2.45, 2.75) is 46.1 Å². The van der Waals surface area contributed by atoms with E-state index in [0.29, 0.717) is 5.41 Å². The van der Waals surface area contributed by atoms with Gasteiger partial charge in [0.1, 0.15) is 6.67 Å². The molecule has 27 heavy (non-hydrogen) atoms. The van der Waals surface area contributed by atoms with Crippen molar-refractivity contribution in [1.82, 2.24) is 14.7 Å². The minimum atomic E-state index is -0.444. The Bertz CT molecular complexity index is 590. The van der Waals surface area contributed by atoms with Gasteiger partial charge in [-0.2, -0.15) is 0 Å². The zero-order valence-electron chi connectivity index (χ0n) is 17.5. The summed E-state index contributed by atoms with van der Waals surface area (Å²) in [6.07, 6.45) is 6.70. The second kappa shape index (κ2) is 8.94. The van der Waals surface area contributed by atoms with Crippen LogP contribution < -0.4 is 0 Å². The molecule has 0 saturated carbocycles. The number of alkyl halides is 1. The lowest BCUT2D eigenvalue weighted by Crippen LogP contribution is -2.48. The van der Waals surface area contributed by atoms with Crippen LogP contribution in [-0.4, -0.2) is 66.4 Å². The number of hydrogen-bond acceptors (Lipinski definition) is 4. The largest absolute Gasteiger partial charge is 0.371 e. The van der Waals surface area contributed by atoms with E-state index in [2.05, 4.69) is 41.7 Å². The molecular weight excluding hydrogens is 341 g/mol. The second-order valence-corrected chi connectivity index (χ2v) is 8.53. The van der Waals surface area contributed by atoms with Gasteiger partial charge in [-0.25, -0.2) is 4.39 Å². The van der Waals surface area contributed by atoms with E-state index in [1.807, 2.05) is 7.05 Å². The number of Topliss-reactive ketones (excluding diaryl/α,β-unsaturated/α-hetero) is 1. The molecule has 0 radical (unpaired) electrons. The number of likely N-dealkylation sites (tertiary alicyclic amines) is 2. The number of ketones is 1. The molecule has 1 atom stereocenters. The maximum atomic E-state index is 12.3. The SMILES string of the molecule is C=C(/C=C/CF)N1CCC2(CCN(C(=C)N(C)C(C(C)=O)C(C)C)CC2)C1. The van der Waals surface area contributed by atoms with Gasteiger partial charge in [0.15, 0.2) is 5.78 Å². The van der Waals surface area contributed by atoms with E-state index >= 15 is 0 Å². The molecule has 2 heterocycles. The van der Waals surface area contributed by atoms with E-state index in [9.17, 15) is 9.18 Å².